The molecule has 0 saturated carbocycles. The zero-order valence-electron chi connectivity index (χ0n) is 9.70. The molecular formula is C12H16FNO2S. The van der Waals surface area contributed by atoms with Crippen molar-refractivity contribution >= 4 is 23.4 Å². The van der Waals surface area contributed by atoms with Crippen LogP contribution in [0.15, 0.2) is 18.2 Å². The second-order valence-corrected chi connectivity index (χ2v) is 4.74. The van der Waals surface area contributed by atoms with Crippen LogP contribution in [-0.4, -0.2) is 29.1 Å². The van der Waals surface area contributed by atoms with Crippen molar-refractivity contribution in [2.75, 3.05) is 23.4 Å². The summed E-state index contributed by atoms with van der Waals surface area (Å²) in [6, 6.07) is 4.30. The predicted molar refractivity (Wildman–Crippen MR) is 68.8 cm³/mol. The van der Waals surface area contributed by atoms with Gasteiger partial charge in [0.15, 0.2) is 0 Å². The van der Waals surface area contributed by atoms with Gasteiger partial charge in [0.25, 0.3) is 0 Å². The summed E-state index contributed by atoms with van der Waals surface area (Å²) < 4.78 is 13.0. The molecule has 0 aromatic heterocycles. The van der Waals surface area contributed by atoms with E-state index < -0.39 is 0 Å². The molecule has 0 fully saturated rings. The highest BCUT2D eigenvalue weighted by molar-refractivity contribution is 7.99. The molecule has 0 atom stereocenters. The Hall–Kier alpha value is -1.07. The topological polar surface area (TPSA) is 49.3 Å². The van der Waals surface area contributed by atoms with Gasteiger partial charge < -0.3 is 10.4 Å². The van der Waals surface area contributed by atoms with E-state index in [-0.39, 0.29) is 18.3 Å². The van der Waals surface area contributed by atoms with Crippen molar-refractivity contribution in [3.8, 4) is 0 Å². The first-order chi connectivity index (χ1) is 8.13. The van der Waals surface area contributed by atoms with Crippen LogP contribution < -0.4 is 5.32 Å². The normalized spacial score (nSPS) is 10.3. The molecule has 0 radical (unpaired) electrons. The van der Waals surface area contributed by atoms with Gasteiger partial charge in [0, 0.05) is 12.3 Å². The number of halogens is 1. The van der Waals surface area contributed by atoms with E-state index in [0.29, 0.717) is 17.9 Å². The minimum absolute atomic E-state index is 0.137. The molecule has 0 bridgehead atoms. The maximum Gasteiger partial charge on any atom is 0.234 e. The third kappa shape index (κ3) is 5.19. The molecule has 94 valence electrons. The summed E-state index contributed by atoms with van der Waals surface area (Å²) in [5.74, 6) is 0.544. The van der Waals surface area contributed by atoms with E-state index >= 15 is 0 Å². The molecule has 0 spiro atoms. The summed E-state index contributed by atoms with van der Waals surface area (Å²) in [5.41, 5.74) is 1.35. The molecule has 17 heavy (non-hydrogen) atoms. The Balaban J connectivity index is 2.42. The van der Waals surface area contributed by atoms with Crippen LogP contribution in [0.25, 0.3) is 0 Å². The van der Waals surface area contributed by atoms with E-state index in [1.165, 1.54) is 23.9 Å². The number of hydrogen-bond acceptors (Lipinski definition) is 3. The van der Waals surface area contributed by atoms with Gasteiger partial charge in [-0.2, -0.15) is 11.8 Å². The summed E-state index contributed by atoms with van der Waals surface area (Å²) in [5, 5.41) is 11.2. The highest BCUT2D eigenvalue weighted by Gasteiger charge is 2.05. The zero-order valence-corrected chi connectivity index (χ0v) is 10.5. The van der Waals surface area contributed by atoms with Gasteiger partial charge in [-0.25, -0.2) is 4.39 Å². The SMILES string of the molecule is Cc1ccc(F)cc1NC(=O)CSCCCO. The van der Waals surface area contributed by atoms with Crippen LogP contribution in [-0.2, 0) is 4.79 Å². The number of aliphatic hydroxyl groups is 1. The number of carbonyl (C=O) groups is 1. The lowest BCUT2D eigenvalue weighted by Crippen LogP contribution is -2.15. The van der Waals surface area contributed by atoms with Crippen LogP contribution in [0.1, 0.15) is 12.0 Å². The van der Waals surface area contributed by atoms with Crippen molar-refractivity contribution in [2.24, 2.45) is 0 Å². The lowest BCUT2D eigenvalue weighted by atomic mass is 10.2. The van der Waals surface area contributed by atoms with Gasteiger partial charge in [0.1, 0.15) is 5.82 Å². The Morgan fingerprint density at radius 2 is 2.29 bits per heavy atom. The van der Waals surface area contributed by atoms with Crippen molar-refractivity contribution < 1.29 is 14.3 Å². The van der Waals surface area contributed by atoms with Crippen LogP contribution in [0, 0.1) is 12.7 Å². The summed E-state index contributed by atoms with van der Waals surface area (Å²) in [6.45, 7) is 1.95. The molecule has 3 nitrogen and oxygen atoms in total. The first-order valence-electron chi connectivity index (χ1n) is 5.38. The summed E-state index contributed by atoms with van der Waals surface area (Å²) in [7, 11) is 0. The molecule has 5 heteroatoms. The summed E-state index contributed by atoms with van der Waals surface area (Å²) >= 11 is 1.45. The summed E-state index contributed by atoms with van der Waals surface area (Å²) in [6.07, 6.45) is 0.678. The number of rotatable bonds is 6. The van der Waals surface area contributed by atoms with Gasteiger partial charge >= 0.3 is 0 Å². The average molecular weight is 257 g/mol. The number of nitrogens with one attached hydrogen (secondary N) is 1. The Kier molecular flexibility index (Phi) is 6.00. The van der Waals surface area contributed by atoms with Crippen LogP contribution in [0.3, 0.4) is 0 Å². The maximum atomic E-state index is 13.0. The van der Waals surface area contributed by atoms with E-state index in [0.717, 1.165) is 11.3 Å². The second-order valence-electron chi connectivity index (χ2n) is 3.64. The molecule has 0 unspecified atom stereocenters. The Morgan fingerprint density at radius 1 is 1.53 bits per heavy atom. The van der Waals surface area contributed by atoms with Gasteiger partial charge in [-0.05, 0) is 36.8 Å². The summed E-state index contributed by atoms with van der Waals surface area (Å²) in [4.78, 5) is 11.5. The number of hydrogen-bond donors (Lipinski definition) is 2. The molecule has 0 saturated heterocycles. The lowest BCUT2D eigenvalue weighted by molar-refractivity contribution is -0.113. The highest BCUT2D eigenvalue weighted by atomic mass is 32.2. The predicted octanol–water partition coefficient (Wildman–Crippen LogP) is 2.19. The van der Waals surface area contributed by atoms with E-state index in [9.17, 15) is 9.18 Å². The van der Waals surface area contributed by atoms with Crippen molar-refractivity contribution in [2.45, 2.75) is 13.3 Å². The van der Waals surface area contributed by atoms with Crippen LogP contribution in [0.2, 0.25) is 0 Å². The Labute approximate surface area is 104 Å². The highest BCUT2D eigenvalue weighted by Crippen LogP contribution is 2.16. The first-order valence-corrected chi connectivity index (χ1v) is 6.53. The molecular weight excluding hydrogens is 241 g/mol. The molecule has 1 rings (SSSR count). The monoisotopic (exact) mass is 257 g/mol. The molecule has 0 aliphatic rings. The molecule has 1 amide bonds. The number of amides is 1. The minimum Gasteiger partial charge on any atom is -0.396 e. The third-order valence-electron chi connectivity index (χ3n) is 2.15. The van der Waals surface area contributed by atoms with Gasteiger partial charge in [0.05, 0.1) is 5.75 Å². The van der Waals surface area contributed by atoms with E-state index in [1.54, 1.807) is 6.07 Å². The molecule has 2 N–H and O–H groups in total. The maximum absolute atomic E-state index is 13.0. The molecule has 1 aromatic rings. The van der Waals surface area contributed by atoms with Crippen LogP contribution >= 0.6 is 11.8 Å². The molecule has 0 aliphatic heterocycles. The van der Waals surface area contributed by atoms with Crippen LogP contribution in [0.4, 0.5) is 10.1 Å². The molecule has 0 aliphatic carbocycles. The smallest absolute Gasteiger partial charge is 0.234 e. The number of aryl methyl sites for hydroxylation is 1. The van der Waals surface area contributed by atoms with Crippen molar-refractivity contribution in [1.29, 1.82) is 0 Å². The van der Waals surface area contributed by atoms with Crippen molar-refractivity contribution in [3.05, 3.63) is 29.6 Å². The number of aliphatic hydroxyl groups excluding tert-OH is 1. The fourth-order valence-electron chi connectivity index (χ4n) is 1.25. The van der Waals surface area contributed by atoms with Crippen molar-refractivity contribution in [3.63, 3.8) is 0 Å². The van der Waals surface area contributed by atoms with Crippen molar-refractivity contribution in [1.82, 2.24) is 0 Å². The van der Waals surface area contributed by atoms with Gasteiger partial charge in [-0.15, -0.1) is 0 Å². The molecule has 0 heterocycles. The number of thioether (sulfide) groups is 1. The Bertz CT molecular complexity index is 385. The fraction of sp³-hybridized carbons (Fsp3) is 0.417. The quantitative estimate of drug-likeness (QED) is 0.768. The third-order valence-corrected chi connectivity index (χ3v) is 3.20. The average Bonchev–Trinajstić information content (AvgIpc) is 2.29. The van der Waals surface area contributed by atoms with E-state index in [2.05, 4.69) is 5.32 Å². The van der Waals surface area contributed by atoms with Gasteiger partial charge in [-0.1, -0.05) is 6.07 Å². The zero-order chi connectivity index (χ0) is 12.7. The van der Waals surface area contributed by atoms with E-state index in [1.807, 2.05) is 6.92 Å². The number of benzene rings is 1. The fourth-order valence-corrected chi connectivity index (χ4v) is 1.98. The molecule has 1 aromatic carbocycles. The first kappa shape index (κ1) is 14.0. The van der Waals surface area contributed by atoms with E-state index in [4.69, 9.17) is 5.11 Å². The number of anilines is 1. The largest absolute Gasteiger partial charge is 0.396 e. The minimum atomic E-state index is -0.362. The lowest BCUT2D eigenvalue weighted by Gasteiger charge is -2.08. The number of carbonyl (C=O) groups excluding carboxylic acids is 1. The van der Waals surface area contributed by atoms with Gasteiger partial charge in [-0.3, -0.25) is 4.79 Å². The Morgan fingerprint density at radius 3 is 3.00 bits per heavy atom. The van der Waals surface area contributed by atoms with Crippen LogP contribution in [0.5, 0.6) is 0 Å². The van der Waals surface area contributed by atoms with Gasteiger partial charge in [0.2, 0.25) is 5.91 Å². The standard InChI is InChI=1S/C12H16FNO2S/c1-9-3-4-10(13)7-11(9)14-12(16)8-17-6-2-5-15/h3-4,7,15H,2,5-6,8H2,1H3,(H,14,16). The second kappa shape index (κ2) is 7.29.